The first kappa shape index (κ1) is 20.1. The Kier molecular flexibility index (Phi) is 5.41. The number of carboxylic acid groups (broad SMARTS) is 1. The summed E-state index contributed by atoms with van der Waals surface area (Å²) in [6.07, 6.45) is 1.52. The number of aromatic hydroxyl groups is 2. The Labute approximate surface area is 164 Å². The number of aliphatic carboxylic acids is 1. The molecule has 0 amide bonds. The summed E-state index contributed by atoms with van der Waals surface area (Å²) in [6.45, 7) is 0.479. The largest absolute Gasteiger partial charge is 0.504 e. The standard InChI is InChI=1S/C18H21N5O6/c1-21-15-14(16(26)22(2)18(21)29)23(9-20-15)6-5-19-11(17(27)28)7-10-3-4-12(24)13(25)8-10/h3-4,8-9,11,19,24-25H,5-7H2,1-2H3,(H,27,28). The lowest BCUT2D eigenvalue weighted by molar-refractivity contribution is -0.139. The maximum absolute atomic E-state index is 12.4. The van der Waals surface area contributed by atoms with Gasteiger partial charge in [0.05, 0.1) is 6.33 Å². The van der Waals surface area contributed by atoms with Crippen molar-refractivity contribution in [3.63, 3.8) is 0 Å². The molecule has 0 saturated carbocycles. The van der Waals surface area contributed by atoms with Crippen molar-refractivity contribution in [2.45, 2.75) is 19.0 Å². The van der Waals surface area contributed by atoms with Crippen LogP contribution in [0.5, 0.6) is 11.5 Å². The third kappa shape index (κ3) is 3.85. The summed E-state index contributed by atoms with van der Waals surface area (Å²) >= 11 is 0. The first-order chi connectivity index (χ1) is 13.7. The summed E-state index contributed by atoms with van der Waals surface area (Å²) < 4.78 is 3.83. The van der Waals surface area contributed by atoms with Crippen LogP contribution in [0.3, 0.4) is 0 Å². The summed E-state index contributed by atoms with van der Waals surface area (Å²) in [6, 6.07) is 3.18. The highest BCUT2D eigenvalue weighted by Gasteiger charge is 2.19. The van der Waals surface area contributed by atoms with Crippen molar-refractivity contribution < 1.29 is 20.1 Å². The van der Waals surface area contributed by atoms with E-state index in [-0.39, 0.29) is 42.2 Å². The van der Waals surface area contributed by atoms with Crippen LogP contribution in [0.1, 0.15) is 5.56 Å². The van der Waals surface area contributed by atoms with Crippen LogP contribution < -0.4 is 16.6 Å². The number of nitrogens with zero attached hydrogens (tertiary/aromatic N) is 4. The van der Waals surface area contributed by atoms with E-state index in [4.69, 9.17) is 0 Å². The quantitative estimate of drug-likeness (QED) is 0.372. The molecule has 3 aromatic rings. The van der Waals surface area contributed by atoms with Crippen molar-refractivity contribution >= 4 is 17.1 Å². The van der Waals surface area contributed by atoms with Crippen LogP contribution in [0, 0.1) is 0 Å². The minimum atomic E-state index is -1.08. The molecule has 0 fully saturated rings. The van der Waals surface area contributed by atoms with Crippen molar-refractivity contribution in [1.29, 1.82) is 0 Å². The molecule has 0 aliphatic rings. The maximum atomic E-state index is 12.4. The van der Waals surface area contributed by atoms with Crippen molar-refractivity contribution in [3.8, 4) is 11.5 Å². The van der Waals surface area contributed by atoms with Crippen molar-refractivity contribution in [2.24, 2.45) is 14.1 Å². The van der Waals surface area contributed by atoms with E-state index in [1.165, 1.54) is 43.2 Å². The monoisotopic (exact) mass is 403 g/mol. The first-order valence-electron chi connectivity index (χ1n) is 8.78. The van der Waals surface area contributed by atoms with Gasteiger partial charge in [0.15, 0.2) is 22.7 Å². The molecule has 1 aromatic carbocycles. The summed E-state index contributed by atoms with van der Waals surface area (Å²) in [5, 5.41) is 31.3. The highest BCUT2D eigenvalue weighted by molar-refractivity contribution is 5.74. The summed E-state index contributed by atoms with van der Waals surface area (Å²) in [7, 11) is 2.90. The Morgan fingerprint density at radius 1 is 1.17 bits per heavy atom. The molecule has 4 N–H and O–H groups in total. The van der Waals surface area contributed by atoms with Crippen LogP contribution in [0.15, 0.2) is 34.1 Å². The van der Waals surface area contributed by atoms with E-state index >= 15 is 0 Å². The fraction of sp³-hybridized carbons (Fsp3) is 0.333. The number of carbonyl (C=O) groups is 1. The normalized spacial score (nSPS) is 12.3. The predicted octanol–water partition coefficient (Wildman–Crippen LogP) is -0.870. The Morgan fingerprint density at radius 2 is 1.90 bits per heavy atom. The SMILES string of the molecule is Cn1c(=O)c2c(ncn2CCNC(Cc2ccc(O)c(O)c2)C(=O)O)n(C)c1=O. The number of phenolic OH excluding ortho intramolecular Hbond substituents is 2. The molecule has 0 radical (unpaired) electrons. The van der Waals surface area contributed by atoms with Gasteiger partial charge in [-0.1, -0.05) is 6.07 Å². The second kappa shape index (κ2) is 7.80. The van der Waals surface area contributed by atoms with Gasteiger partial charge in [-0.2, -0.15) is 0 Å². The van der Waals surface area contributed by atoms with Crippen LogP contribution >= 0.6 is 0 Å². The Hall–Kier alpha value is -3.60. The minimum Gasteiger partial charge on any atom is -0.504 e. The number of aromatic nitrogens is 4. The first-order valence-corrected chi connectivity index (χ1v) is 8.78. The van der Waals surface area contributed by atoms with E-state index in [1.54, 1.807) is 4.57 Å². The predicted molar refractivity (Wildman–Crippen MR) is 103 cm³/mol. The fourth-order valence-electron chi connectivity index (χ4n) is 3.10. The molecule has 2 aromatic heterocycles. The van der Waals surface area contributed by atoms with E-state index < -0.39 is 23.3 Å². The van der Waals surface area contributed by atoms with E-state index in [0.717, 1.165) is 4.57 Å². The molecule has 154 valence electrons. The molecule has 2 heterocycles. The number of aryl methyl sites for hydroxylation is 1. The second-order valence-corrected chi connectivity index (χ2v) is 6.69. The lowest BCUT2D eigenvalue weighted by Gasteiger charge is -2.15. The second-order valence-electron chi connectivity index (χ2n) is 6.69. The minimum absolute atomic E-state index is 0.0874. The van der Waals surface area contributed by atoms with Gasteiger partial charge in [0.2, 0.25) is 0 Å². The molecule has 0 saturated heterocycles. The van der Waals surface area contributed by atoms with E-state index in [2.05, 4.69) is 10.3 Å². The summed E-state index contributed by atoms with van der Waals surface area (Å²) in [5.74, 6) is -1.68. The molecule has 0 bridgehead atoms. The average molecular weight is 403 g/mol. The zero-order chi connectivity index (χ0) is 21.3. The lowest BCUT2D eigenvalue weighted by Crippen LogP contribution is -2.40. The van der Waals surface area contributed by atoms with E-state index in [1.807, 2.05) is 0 Å². The van der Waals surface area contributed by atoms with Crippen LogP contribution in [-0.2, 0) is 31.9 Å². The van der Waals surface area contributed by atoms with Gasteiger partial charge in [0.1, 0.15) is 6.04 Å². The summed E-state index contributed by atoms with van der Waals surface area (Å²) in [4.78, 5) is 40.1. The molecule has 0 spiro atoms. The van der Waals surface area contributed by atoms with Crippen LogP contribution in [0.4, 0.5) is 0 Å². The van der Waals surface area contributed by atoms with Gasteiger partial charge in [0, 0.05) is 27.2 Å². The highest BCUT2D eigenvalue weighted by Crippen LogP contribution is 2.25. The number of phenols is 2. The number of imidazole rings is 1. The molecule has 1 atom stereocenters. The van der Waals surface area contributed by atoms with Crippen LogP contribution in [0.25, 0.3) is 11.2 Å². The third-order valence-corrected chi connectivity index (χ3v) is 4.74. The Balaban J connectivity index is 1.75. The zero-order valence-corrected chi connectivity index (χ0v) is 15.9. The van der Waals surface area contributed by atoms with E-state index in [0.29, 0.717) is 5.56 Å². The maximum Gasteiger partial charge on any atom is 0.332 e. The Morgan fingerprint density at radius 3 is 2.55 bits per heavy atom. The Bertz CT molecular complexity index is 1190. The van der Waals surface area contributed by atoms with Gasteiger partial charge < -0.3 is 25.2 Å². The van der Waals surface area contributed by atoms with Crippen LogP contribution in [0.2, 0.25) is 0 Å². The molecule has 11 nitrogen and oxygen atoms in total. The number of fused-ring (bicyclic) bond motifs is 1. The number of carboxylic acids is 1. The van der Waals surface area contributed by atoms with Gasteiger partial charge >= 0.3 is 11.7 Å². The van der Waals surface area contributed by atoms with Gasteiger partial charge in [0.25, 0.3) is 5.56 Å². The van der Waals surface area contributed by atoms with E-state index in [9.17, 15) is 29.7 Å². The van der Waals surface area contributed by atoms with Gasteiger partial charge in [-0.3, -0.25) is 18.7 Å². The highest BCUT2D eigenvalue weighted by atomic mass is 16.4. The summed E-state index contributed by atoms with van der Waals surface area (Å²) in [5.41, 5.74) is 0.0975. The fourth-order valence-corrected chi connectivity index (χ4v) is 3.10. The number of hydrogen-bond donors (Lipinski definition) is 4. The molecule has 0 aliphatic carbocycles. The van der Waals surface area contributed by atoms with Crippen molar-refractivity contribution in [3.05, 3.63) is 50.9 Å². The van der Waals surface area contributed by atoms with Crippen LogP contribution in [-0.4, -0.2) is 52.6 Å². The average Bonchev–Trinajstić information content (AvgIpc) is 3.10. The molecule has 11 heteroatoms. The molecule has 29 heavy (non-hydrogen) atoms. The number of hydrogen-bond acceptors (Lipinski definition) is 7. The number of benzene rings is 1. The molecule has 1 unspecified atom stereocenters. The smallest absolute Gasteiger partial charge is 0.332 e. The molecule has 0 aliphatic heterocycles. The molecule has 3 rings (SSSR count). The molecular formula is C18H21N5O6. The van der Waals surface area contributed by atoms with Gasteiger partial charge in [-0.05, 0) is 24.1 Å². The van der Waals surface area contributed by atoms with Crippen molar-refractivity contribution in [2.75, 3.05) is 6.54 Å². The topological polar surface area (TPSA) is 152 Å². The lowest BCUT2D eigenvalue weighted by atomic mass is 10.1. The van der Waals surface area contributed by atoms with Gasteiger partial charge in [-0.25, -0.2) is 9.78 Å². The third-order valence-electron chi connectivity index (χ3n) is 4.74. The van der Waals surface area contributed by atoms with Gasteiger partial charge in [-0.15, -0.1) is 0 Å². The zero-order valence-electron chi connectivity index (χ0n) is 15.9. The number of nitrogens with one attached hydrogen (secondary N) is 1. The van der Waals surface area contributed by atoms with Crippen molar-refractivity contribution in [1.82, 2.24) is 24.0 Å². The molecular weight excluding hydrogens is 382 g/mol. The number of rotatable bonds is 7.